The molecular formula is C16H22N2O5. The first-order chi connectivity index (χ1) is 10.8. The summed E-state index contributed by atoms with van der Waals surface area (Å²) in [5.74, 6) is -1.47. The number of nitrogens with two attached hydrogens (primary N) is 1. The first-order valence-electron chi connectivity index (χ1n) is 7.37. The van der Waals surface area contributed by atoms with Gasteiger partial charge in [0.05, 0.1) is 12.0 Å². The van der Waals surface area contributed by atoms with E-state index < -0.39 is 17.4 Å². The van der Waals surface area contributed by atoms with Crippen LogP contribution in [0, 0.1) is 0 Å². The maximum Gasteiger partial charge on any atom is 0.305 e. The number of carbonyl (C=O) groups excluding carboxylic acids is 2. The number of amides is 2. The predicted molar refractivity (Wildman–Crippen MR) is 84.2 cm³/mol. The Kier molecular flexibility index (Phi) is 6.56. The van der Waals surface area contributed by atoms with Crippen LogP contribution in [0.15, 0.2) is 24.3 Å². The van der Waals surface area contributed by atoms with E-state index in [1.54, 1.807) is 24.3 Å². The van der Waals surface area contributed by atoms with Crippen LogP contribution in [0.5, 0.6) is 5.75 Å². The Hall–Kier alpha value is -2.57. The maximum absolute atomic E-state index is 12.3. The number of nitrogens with one attached hydrogen (secondary N) is 1. The third kappa shape index (κ3) is 5.61. The van der Waals surface area contributed by atoms with Crippen LogP contribution in [0.25, 0.3) is 0 Å². The van der Waals surface area contributed by atoms with Crippen molar-refractivity contribution in [3.05, 3.63) is 29.8 Å². The summed E-state index contributed by atoms with van der Waals surface area (Å²) in [6.07, 6.45) is 0.897. The molecule has 1 aromatic carbocycles. The Morgan fingerprint density at radius 2 is 1.74 bits per heavy atom. The molecule has 7 heteroatoms. The molecule has 4 N–H and O–H groups in total. The SMILES string of the molecule is CCC(CC)(CC(=O)O)NC(=O)c1ccc(OCC(N)=O)cc1. The number of hydrogen-bond donors (Lipinski definition) is 3. The van der Waals surface area contributed by atoms with Gasteiger partial charge >= 0.3 is 5.97 Å². The van der Waals surface area contributed by atoms with Crippen molar-refractivity contribution in [3.63, 3.8) is 0 Å². The van der Waals surface area contributed by atoms with E-state index >= 15 is 0 Å². The quantitative estimate of drug-likeness (QED) is 0.633. The van der Waals surface area contributed by atoms with Gasteiger partial charge in [0.1, 0.15) is 5.75 Å². The number of hydrogen-bond acceptors (Lipinski definition) is 4. The smallest absolute Gasteiger partial charge is 0.305 e. The normalized spacial score (nSPS) is 10.9. The minimum atomic E-state index is -0.954. The zero-order chi connectivity index (χ0) is 17.5. The van der Waals surface area contributed by atoms with Crippen LogP contribution < -0.4 is 15.8 Å². The highest BCUT2D eigenvalue weighted by molar-refractivity contribution is 5.95. The fraction of sp³-hybridized carbons (Fsp3) is 0.438. The van der Waals surface area contributed by atoms with Crippen molar-refractivity contribution in [2.45, 2.75) is 38.6 Å². The van der Waals surface area contributed by atoms with Crippen LogP contribution in [-0.2, 0) is 9.59 Å². The molecule has 0 aromatic heterocycles. The fourth-order valence-corrected chi connectivity index (χ4v) is 2.18. The lowest BCUT2D eigenvalue weighted by atomic mass is 9.88. The molecule has 0 radical (unpaired) electrons. The van der Waals surface area contributed by atoms with E-state index in [1.807, 2.05) is 13.8 Å². The molecule has 0 atom stereocenters. The lowest BCUT2D eigenvalue weighted by Crippen LogP contribution is -2.49. The Balaban J connectivity index is 2.79. The molecule has 7 nitrogen and oxygen atoms in total. The first-order valence-corrected chi connectivity index (χ1v) is 7.37. The van der Waals surface area contributed by atoms with Gasteiger partial charge in [0, 0.05) is 5.56 Å². The van der Waals surface area contributed by atoms with Crippen molar-refractivity contribution in [1.29, 1.82) is 0 Å². The highest BCUT2D eigenvalue weighted by atomic mass is 16.5. The summed E-state index contributed by atoms with van der Waals surface area (Å²) >= 11 is 0. The van der Waals surface area contributed by atoms with E-state index in [2.05, 4.69) is 5.32 Å². The van der Waals surface area contributed by atoms with Crippen LogP contribution in [-0.4, -0.2) is 35.0 Å². The molecule has 23 heavy (non-hydrogen) atoms. The molecule has 0 bridgehead atoms. The molecule has 0 saturated carbocycles. The summed E-state index contributed by atoms with van der Waals surface area (Å²) in [6, 6.07) is 6.19. The van der Waals surface area contributed by atoms with Gasteiger partial charge in [-0.3, -0.25) is 14.4 Å². The van der Waals surface area contributed by atoms with Crippen LogP contribution in [0.3, 0.4) is 0 Å². The topological polar surface area (TPSA) is 119 Å². The highest BCUT2D eigenvalue weighted by Crippen LogP contribution is 2.21. The van der Waals surface area contributed by atoms with E-state index in [0.717, 1.165) is 0 Å². The lowest BCUT2D eigenvalue weighted by molar-refractivity contribution is -0.138. The van der Waals surface area contributed by atoms with Crippen molar-refractivity contribution >= 4 is 17.8 Å². The van der Waals surface area contributed by atoms with Gasteiger partial charge < -0.3 is 20.9 Å². The van der Waals surface area contributed by atoms with Crippen LogP contribution in [0.2, 0.25) is 0 Å². The van der Waals surface area contributed by atoms with Crippen molar-refractivity contribution in [2.24, 2.45) is 5.73 Å². The van der Waals surface area contributed by atoms with E-state index in [0.29, 0.717) is 24.2 Å². The van der Waals surface area contributed by atoms with Gasteiger partial charge in [-0.05, 0) is 37.1 Å². The Morgan fingerprint density at radius 1 is 1.17 bits per heavy atom. The fourth-order valence-electron chi connectivity index (χ4n) is 2.18. The zero-order valence-corrected chi connectivity index (χ0v) is 13.3. The van der Waals surface area contributed by atoms with E-state index in [9.17, 15) is 14.4 Å². The van der Waals surface area contributed by atoms with Gasteiger partial charge in [0.2, 0.25) is 0 Å². The first kappa shape index (κ1) is 18.5. The molecule has 0 fully saturated rings. The van der Waals surface area contributed by atoms with Gasteiger partial charge in [-0.1, -0.05) is 13.8 Å². The van der Waals surface area contributed by atoms with E-state index in [4.69, 9.17) is 15.6 Å². The molecule has 0 saturated heterocycles. The second kappa shape index (κ2) is 8.17. The molecule has 0 unspecified atom stereocenters. The molecule has 2 amide bonds. The number of benzene rings is 1. The summed E-state index contributed by atoms with van der Waals surface area (Å²) < 4.78 is 5.11. The summed E-state index contributed by atoms with van der Waals surface area (Å²) in [5, 5.41) is 11.8. The number of ether oxygens (including phenoxy) is 1. The third-order valence-electron chi connectivity index (χ3n) is 3.72. The summed E-state index contributed by atoms with van der Waals surface area (Å²) in [5.41, 5.74) is 4.59. The monoisotopic (exact) mass is 322 g/mol. The number of aliphatic carboxylic acids is 1. The molecular weight excluding hydrogens is 300 g/mol. The minimum Gasteiger partial charge on any atom is -0.484 e. The number of primary amides is 1. The average Bonchev–Trinajstić information content (AvgIpc) is 2.52. The molecule has 0 aliphatic rings. The predicted octanol–water partition coefficient (Wildman–Crippen LogP) is 1.31. The summed E-state index contributed by atoms with van der Waals surface area (Å²) in [7, 11) is 0. The largest absolute Gasteiger partial charge is 0.484 e. The molecule has 1 aromatic rings. The summed E-state index contributed by atoms with van der Waals surface area (Å²) in [4.78, 5) is 34.0. The number of rotatable bonds is 9. The molecule has 126 valence electrons. The van der Waals surface area contributed by atoms with Crippen LogP contribution in [0.1, 0.15) is 43.5 Å². The van der Waals surface area contributed by atoms with Gasteiger partial charge in [-0.2, -0.15) is 0 Å². The second-order valence-corrected chi connectivity index (χ2v) is 5.29. The second-order valence-electron chi connectivity index (χ2n) is 5.29. The van der Waals surface area contributed by atoms with E-state index in [1.165, 1.54) is 0 Å². The molecule has 0 aliphatic carbocycles. The number of carbonyl (C=O) groups is 3. The number of carboxylic acids is 1. The average molecular weight is 322 g/mol. The molecule has 0 spiro atoms. The van der Waals surface area contributed by atoms with Gasteiger partial charge in [0.25, 0.3) is 11.8 Å². The van der Waals surface area contributed by atoms with Crippen molar-refractivity contribution in [2.75, 3.05) is 6.61 Å². The van der Waals surface area contributed by atoms with Gasteiger partial charge in [0.15, 0.2) is 6.61 Å². The van der Waals surface area contributed by atoms with Crippen LogP contribution in [0.4, 0.5) is 0 Å². The highest BCUT2D eigenvalue weighted by Gasteiger charge is 2.31. The molecule has 0 heterocycles. The van der Waals surface area contributed by atoms with Crippen molar-refractivity contribution in [1.82, 2.24) is 5.32 Å². The maximum atomic E-state index is 12.3. The molecule has 1 rings (SSSR count). The Bertz CT molecular complexity index is 564. The third-order valence-corrected chi connectivity index (χ3v) is 3.72. The van der Waals surface area contributed by atoms with Gasteiger partial charge in [-0.25, -0.2) is 0 Å². The van der Waals surface area contributed by atoms with Crippen molar-refractivity contribution < 1.29 is 24.2 Å². The van der Waals surface area contributed by atoms with Gasteiger partial charge in [-0.15, -0.1) is 0 Å². The van der Waals surface area contributed by atoms with Crippen LogP contribution >= 0.6 is 0 Å². The zero-order valence-electron chi connectivity index (χ0n) is 13.3. The Labute approximate surface area is 134 Å². The summed E-state index contributed by atoms with van der Waals surface area (Å²) in [6.45, 7) is 3.44. The Morgan fingerprint density at radius 3 is 2.17 bits per heavy atom. The van der Waals surface area contributed by atoms with Crippen molar-refractivity contribution in [3.8, 4) is 5.75 Å². The van der Waals surface area contributed by atoms with E-state index in [-0.39, 0.29) is 18.9 Å². The minimum absolute atomic E-state index is 0.133. The number of carboxylic acid groups (broad SMARTS) is 1. The lowest BCUT2D eigenvalue weighted by Gasteiger charge is -2.31. The standard InChI is InChI=1S/C16H22N2O5/c1-3-16(4-2,9-14(20)21)18-15(22)11-5-7-12(8-6-11)23-10-13(17)19/h5-8H,3-4,9-10H2,1-2H3,(H2,17,19)(H,18,22)(H,20,21). The molecule has 0 aliphatic heterocycles.